The van der Waals surface area contributed by atoms with E-state index in [1.165, 1.54) is 5.56 Å². The first kappa shape index (κ1) is 24.1. The summed E-state index contributed by atoms with van der Waals surface area (Å²) in [5, 5.41) is 2.92. The summed E-state index contributed by atoms with van der Waals surface area (Å²) in [5.41, 5.74) is 8.51. The third-order valence-electron chi connectivity index (χ3n) is 4.42. The average Bonchev–Trinajstić information content (AvgIpc) is 2.59. The number of amides is 1. The van der Waals surface area contributed by atoms with Crippen LogP contribution in [0.4, 0.5) is 0 Å². The smallest absolute Gasteiger partial charge is 0.250 e. The number of nitrogens with one attached hydrogen (secondary N) is 1. The first-order valence-corrected chi connectivity index (χ1v) is 8.48. The highest BCUT2D eigenvalue weighted by Gasteiger charge is 2.25. The quantitative estimate of drug-likeness (QED) is 0.781. The van der Waals surface area contributed by atoms with Crippen LogP contribution in [0, 0.1) is 0 Å². The number of rotatable bonds is 6. The Bertz CT molecular complexity index is 512. The van der Waals surface area contributed by atoms with E-state index in [0.717, 1.165) is 18.7 Å². The van der Waals surface area contributed by atoms with Gasteiger partial charge in [0.25, 0.3) is 5.91 Å². The van der Waals surface area contributed by atoms with Gasteiger partial charge in [-0.2, -0.15) is 0 Å². The summed E-state index contributed by atoms with van der Waals surface area (Å²) in [6.45, 7) is 9.94. The number of hydrogen-bond acceptors (Lipinski definition) is 4. The molecule has 25 heavy (non-hydrogen) atoms. The summed E-state index contributed by atoms with van der Waals surface area (Å²) < 4.78 is 5.56. The molecule has 1 saturated heterocycles. The van der Waals surface area contributed by atoms with Crippen LogP contribution in [0.2, 0.25) is 0 Å². The fourth-order valence-electron chi connectivity index (χ4n) is 2.72. The fraction of sp³-hybridized carbons (Fsp3) is 0.611. The largest absolute Gasteiger partial charge is 0.366 e. The normalized spacial score (nSPS) is 18.8. The highest BCUT2D eigenvalue weighted by molar-refractivity contribution is 5.85. The summed E-state index contributed by atoms with van der Waals surface area (Å²) in [5.74, 6) is 0.433. The van der Waals surface area contributed by atoms with E-state index in [4.69, 9.17) is 10.5 Å². The van der Waals surface area contributed by atoms with Gasteiger partial charge in [0.15, 0.2) is 0 Å². The van der Waals surface area contributed by atoms with Crippen LogP contribution in [0.3, 0.4) is 0 Å². The molecular weight excluding hydrogens is 361 g/mol. The van der Waals surface area contributed by atoms with Crippen molar-refractivity contribution in [2.45, 2.75) is 38.8 Å². The molecule has 0 bridgehead atoms. The molecule has 1 aliphatic heterocycles. The molecule has 0 spiro atoms. The molecule has 0 aliphatic carbocycles. The minimum atomic E-state index is -0.390. The van der Waals surface area contributed by atoms with Gasteiger partial charge in [0, 0.05) is 25.7 Å². The van der Waals surface area contributed by atoms with Gasteiger partial charge >= 0.3 is 0 Å². The predicted molar refractivity (Wildman–Crippen MR) is 107 cm³/mol. The number of halogens is 2. The lowest BCUT2D eigenvalue weighted by Crippen LogP contribution is -2.50. The van der Waals surface area contributed by atoms with Gasteiger partial charge < -0.3 is 15.8 Å². The molecule has 1 aromatic carbocycles. The molecule has 2 atom stereocenters. The molecule has 2 rings (SSSR count). The molecule has 3 N–H and O–H groups in total. The molecule has 0 aromatic heterocycles. The Morgan fingerprint density at radius 3 is 2.44 bits per heavy atom. The van der Waals surface area contributed by atoms with Gasteiger partial charge in [-0.05, 0) is 23.6 Å². The highest BCUT2D eigenvalue weighted by Crippen LogP contribution is 2.17. The van der Waals surface area contributed by atoms with Crippen molar-refractivity contribution in [3.8, 4) is 0 Å². The van der Waals surface area contributed by atoms with Gasteiger partial charge in [-0.15, -0.1) is 24.8 Å². The molecule has 5 nitrogen and oxygen atoms in total. The van der Waals surface area contributed by atoms with Crippen LogP contribution in [0.1, 0.15) is 43.9 Å². The maximum absolute atomic E-state index is 12.2. The maximum atomic E-state index is 12.2. The Morgan fingerprint density at radius 1 is 1.28 bits per heavy atom. The molecule has 1 amide bonds. The molecular formula is C18H31Cl2N3O2. The van der Waals surface area contributed by atoms with Crippen LogP contribution in [-0.2, 0) is 9.53 Å². The summed E-state index contributed by atoms with van der Waals surface area (Å²) in [4.78, 5) is 14.4. The van der Waals surface area contributed by atoms with Crippen molar-refractivity contribution in [1.29, 1.82) is 0 Å². The lowest BCUT2D eigenvalue weighted by atomic mass is 9.99. The van der Waals surface area contributed by atoms with Gasteiger partial charge in [-0.1, -0.05) is 45.0 Å². The minimum Gasteiger partial charge on any atom is -0.366 e. The summed E-state index contributed by atoms with van der Waals surface area (Å²) in [6.07, 6.45) is -0.390. The van der Waals surface area contributed by atoms with Gasteiger partial charge in [0.05, 0.1) is 6.61 Å². The zero-order chi connectivity index (χ0) is 16.8. The van der Waals surface area contributed by atoms with Crippen LogP contribution in [-0.4, -0.2) is 49.7 Å². The van der Waals surface area contributed by atoms with Crippen molar-refractivity contribution in [1.82, 2.24) is 10.2 Å². The number of nitrogens with zero attached hydrogens (tertiary/aromatic N) is 1. The van der Waals surface area contributed by atoms with Gasteiger partial charge in [0.1, 0.15) is 6.10 Å². The Kier molecular flexibility index (Phi) is 11.3. The van der Waals surface area contributed by atoms with Crippen LogP contribution in [0.25, 0.3) is 0 Å². The summed E-state index contributed by atoms with van der Waals surface area (Å²) in [7, 11) is 0. The van der Waals surface area contributed by atoms with Crippen molar-refractivity contribution < 1.29 is 9.53 Å². The van der Waals surface area contributed by atoms with Crippen molar-refractivity contribution in [2.75, 3.05) is 32.8 Å². The number of hydrogen-bond donors (Lipinski definition) is 2. The van der Waals surface area contributed by atoms with E-state index < -0.39 is 0 Å². The van der Waals surface area contributed by atoms with E-state index in [1.54, 1.807) is 0 Å². The van der Waals surface area contributed by atoms with E-state index in [9.17, 15) is 4.79 Å². The zero-order valence-electron chi connectivity index (χ0n) is 15.2. The number of benzene rings is 1. The lowest BCUT2D eigenvalue weighted by Gasteiger charge is -2.31. The minimum absolute atomic E-state index is 0. The number of ether oxygens (including phenoxy) is 1. The van der Waals surface area contributed by atoms with E-state index in [-0.39, 0.29) is 42.9 Å². The van der Waals surface area contributed by atoms with Crippen molar-refractivity contribution in [2.24, 2.45) is 5.73 Å². The Labute approximate surface area is 163 Å². The van der Waals surface area contributed by atoms with Crippen LogP contribution in [0.5, 0.6) is 0 Å². The summed E-state index contributed by atoms with van der Waals surface area (Å²) in [6, 6.07) is 8.09. The molecule has 1 aromatic rings. The standard InChI is InChI=1S/C18H29N3O2.2ClH/c1-4-21-9-10-23-17(12-21)18(22)20-11-16(19)15-7-5-14(6-8-15)13(2)3;;/h5-8,13,16-17H,4,9-12,19H2,1-3H3,(H,20,22);2*1H. The second-order valence-corrected chi connectivity index (χ2v) is 6.43. The molecule has 7 heteroatoms. The molecule has 2 unspecified atom stereocenters. The molecule has 1 fully saturated rings. The van der Waals surface area contributed by atoms with Crippen molar-refractivity contribution >= 4 is 30.7 Å². The van der Waals surface area contributed by atoms with E-state index in [2.05, 4.69) is 43.1 Å². The van der Waals surface area contributed by atoms with Gasteiger partial charge in [0.2, 0.25) is 0 Å². The number of carbonyl (C=O) groups is 1. The highest BCUT2D eigenvalue weighted by atomic mass is 35.5. The third-order valence-corrected chi connectivity index (χ3v) is 4.42. The van der Waals surface area contributed by atoms with Crippen LogP contribution in [0.15, 0.2) is 24.3 Å². The predicted octanol–water partition coefficient (Wildman–Crippen LogP) is 2.49. The second kappa shape index (κ2) is 11.7. The van der Waals surface area contributed by atoms with E-state index >= 15 is 0 Å². The molecule has 0 radical (unpaired) electrons. The topological polar surface area (TPSA) is 67.6 Å². The monoisotopic (exact) mass is 391 g/mol. The number of nitrogens with two attached hydrogens (primary N) is 1. The average molecular weight is 392 g/mol. The maximum Gasteiger partial charge on any atom is 0.250 e. The SMILES string of the molecule is CCN1CCOC(C(=O)NCC(N)c2ccc(C(C)C)cc2)C1.Cl.Cl. The third kappa shape index (κ3) is 7.12. The summed E-state index contributed by atoms with van der Waals surface area (Å²) >= 11 is 0. The lowest BCUT2D eigenvalue weighted by molar-refractivity contribution is -0.138. The Hall–Kier alpha value is -0.850. The van der Waals surface area contributed by atoms with E-state index in [1.807, 2.05) is 12.1 Å². The van der Waals surface area contributed by atoms with Crippen molar-refractivity contribution in [3.05, 3.63) is 35.4 Å². The van der Waals surface area contributed by atoms with Crippen LogP contribution < -0.4 is 11.1 Å². The zero-order valence-corrected chi connectivity index (χ0v) is 16.9. The van der Waals surface area contributed by atoms with E-state index in [0.29, 0.717) is 25.6 Å². The first-order valence-electron chi connectivity index (χ1n) is 8.48. The Morgan fingerprint density at radius 2 is 1.88 bits per heavy atom. The molecule has 0 saturated carbocycles. The fourth-order valence-corrected chi connectivity index (χ4v) is 2.72. The molecule has 1 heterocycles. The molecule has 144 valence electrons. The second-order valence-electron chi connectivity index (χ2n) is 6.43. The number of morpholine rings is 1. The van der Waals surface area contributed by atoms with Crippen molar-refractivity contribution in [3.63, 3.8) is 0 Å². The molecule has 1 aliphatic rings. The van der Waals surface area contributed by atoms with Gasteiger partial charge in [-0.3, -0.25) is 9.69 Å². The van der Waals surface area contributed by atoms with Gasteiger partial charge in [-0.25, -0.2) is 0 Å². The number of carbonyl (C=O) groups excluding carboxylic acids is 1. The Balaban J connectivity index is 0.00000288. The van der Waals surface area contributed by atoms with Crippen LogP contribution >= 0.6 is 24.8 Å². The number of likely N-dealkylation sites (N-methyl/N-ethyl adjacent to an activating group) is 1. The first-order chi connectivity index (χ1) is 11.0.